The van der Waals surface area contributed by atoms with Gasteiger partial charge in [0.25, 0.3) is 0 Å². The molecular formula is C25H28F3N7. The summed E-state index contributed by atoms with van der Waals surface area (Å²) < 4.78 is 42.8. The first-order valence-electron chi connectivity index (χ1n) is 11.9. The van der Waals surface area contributed by atoms with Crippen molar-refractivity contribution in [2.45, 2.75) is 57.2 Å². The molecule has 184 valence electrons. The molecule has 35 heavy (non-hydrogen) atoms. The van der Waals surface area contributed by atoms with Crippen LogP contribution in [0.2, 0.25) is 0 Å². The van der Waals surface area contributed by atoms with Crippen LogP contribution < -0.4 is 5.73 Å². The minimum absolute atomic E-state index is 0.0417. The Morgan fingerprint density at radius 2 is 1.91 bits per heavy atom. The zero-order valence-electron chi connectivity index (χ0n) is 19.7. The number of rotatable bonds is 5. The number of nitrogens with zero attached hydrogens (tertiary/aromatic N) is 5. The summed E-state index contributed by atoms with van der Waals surface area (Å²) in [6.45, 7) is 1.61. The number of nitrogens with two attached hydrogens (primary N) is 1. The summed E-state index contributed by atoms with van der Waals surface area (Å²) in [6.07, 6.45) is 2.91. The summed E-state index contributed by atoms with van der Waals surface area (Å²) >= 11 is 0. The van der Waals surface area contributed by atoms with Crippen molar-refractivity contribution in [1.29, 1.82) is 0 Å². The Balaban J connectivity index is 1.64. The first kappa shape index (κ1) is 23.5. The molecule has 10 heteroatoms. The van der Waals surface area contributed by atoms with Gasteiger partial charge in [-0.25, -0.2) is 4.98 Å². The monoisotopic (exact) mass is 483 g/mol. The molecule has 0 bridgehead atoms. The maximum atomic E-state index is 13.6. The second kappa shape index (κ2) is 9.07. The number of aryl methyl sites for hydroxylation is 1. The molecule has 1 aromatic carbocycles. The summed E-state index contributed by atoms with van der Waals surface area (Å²) in [5.41, 5.74) is 7.77. The van der Waals surface area contributed by atoms with Crippen molar-refractivity contribution in [2.24, 2.45) is 18.7 Å². The van der Waals surface area contributed by atoms with Crippen LogP contribution in [-0.4, -0.2) is 29.9 Å². The zero-order valence-corrected chi connectivity index (χ0v) is 19.7. The molecule has 2 atom stereocenters. The summed E-state index contributed by atoms with van der Waals surface area (Å²) in [7, 11) is 1.94. The van der Waals surface area contributed by atoms with Crippen LogP contribution in [0.4, 0.5) is 13.2 Å². The summed E-state index contributed by atoms with van der Waals surface area (Å²) in [5.74, 6) is 1.35. The Hall–Kier alpha value is -3.27. The van der Waals surface area contributed by atoms with Gasteiger partial charge >= 0.3 is 6.18 Å². The van der Waals surface area contributed by atoms with Crippen LogP contribution in [0.15, 0.2) is 36.7 Å². The summed E-state index contributed by atoms with van der Waals surface area (Å²) in [6, 6.07) is 8.23. The van der Waals surface area contributed by atoms with E-state index < -0.39 is 17.9 Å². The molecule has 0 spiro atoms. The molecule has 0 radical (unpaired) electrons. The third kappa shape index (κ3) is 4.42. The fourth-order valence-electron chi connectivity index (χ4n) is 5.29. The molecule has 0 saturated heterocycles. The standard InChI is InChI=1S/C25H28F3N7/c1-14(29)21-23-18(12-19(31-21)25(26,27)28)22(32-33-23)17-10-6-9-16(11-17)20(15-7-4-3-5-8-15)24-34-30-13-35(24)2/h6,9-15,20H,3-5,7-8,29H2,1-2H3,(H,32,33)/t14-,20-/m1/s1. The Morgan fingerprint density at radius 3 is 2.57 bits per heavy atom. The molecule has 0 amide bonds. The highest BCUT2D eigenvalue weighted by Gasteiger charge is 2.35. The number of alkyl halides is 3. The third-order valence-electron chi connectivity index (χ3n) is 6.97. The lowest BCUT2D eigenvalue weighted by atomic mass is 9.76. The van der Waals surface area contributed by atoms with Crippen molar-refractivity contribution < 1.29 is 13.2 Å². The Morgan fingerprint density at radius 1 is 1.14 bits per heavy atom. The van der Waals surface area contributed by atoms with E-state index in [0.29, 0.717) is 22.5 Å². The van der Waals surface area contributed by atoms with Gasteiger partial charge in [0, 0.05) is 30.0 Å². The Bertz CT molecular complexity index is 1330. The average molecular weight is 484 g/mol. The van der Waals surface area contributed by atoms with Gasteiger partial charge in [-0.1, -0.05) is 37.5 Å². The highest BCUT2D eigenvalue weighted by atomic mass is 19.4. The number of H-pyrrole nitrogens is 1. The molecule has 1 saturated carbocycles. The van der Waals surface area contributed by atoms with Crippen LogP contribution in [0, 0.1) is 5.92 Å². The van der Waals surface area contributed by atoms with Crippen LogP contribution in [0.5, 0.6) is 0 Å². The lowest BCUT2D eigenvalue weighted by Gasteiger charge is -2.30. The number of nitrogens with one attached hydrogen (secondary N) is 1. The van der Waals surface area contributed by atoms with E-state index in [2.05, 4.69) is 31.4 Å². The molecule has 7 nitrogen and oxygen atoms in total. The van der Waals surface area contributed by atoms with E-state index in [9.17, 15) is 13.2 Å². The number of hydrogen-bond donors (Lipinski definition) is 2. The molecule has 1 aliphatic carbocycles. The first-order chi connectivity index (χ1) is 16.7. The maximum Gasteiger partial charge on any atom is 0.433 e. The number of hydrogen-bond acceptors (Lipinski definition) is 5. The summed E-state index contributed by atoms with van der Waals surface area (Å²) in [5, 5.41) is 16.2. The van der Waals surface area contributed by atoms with Gasteiger partial charge in [-0.3, -0.25) is 5.10 Å². The van der Waals surface area contributed by atoms with Crippen LogP contribution >= 0.6 is 0 Å². The van der Waals surface area contributed by atoms with Crippen LogP contribution in [0.25, 0.3) is 22.2 Å². The van der Waals surface area contributed by atoms with Gasteiger partial charge in [0.2, 0.25) is 0 Å². The smallest absolute Gasteiger partial charge is 0.323 e. The quantitative estimate of drug-likeness (QED) is 0.390. The molecule has 1 aliphatic rings. The fraction of sp³-hybridized carbons (Fsp3) is 0.440. The number of halogens is 3. The van der Waals surface area contributed by atoms with Crippen molar-refractivity contribution in [3.05, 3.63) is 59.4 Å². The number of aromatic amines is 1. The number of benzene rings is 1. The van der Waals surface area contributed by atoms with Gasteiger partial charge in [-0.15, -0.1) is 10.2 Å². The minimum atomic E-state index is -4.59. The van der Waals surface area contributed by atoms with E-state index in [0.717, 1.165) is 35.9 Å². The maximum absolute atomic E-state index is 13.6. The lowest BCUT2D eigenvalue weighted by molar-refractivity contribution is -0.141. The molecule has 5 rings (SSSR count). The van der Waals surface area contributed by atoms with Crippen molar-refractivity contribution in [1.82, 2.24) is 29.9 Å². The number of fused-ring (bicyclic) bond motifs is 1. The molecule has 0 aliphatic heterocycles. The molecule has 3 aromatic heterocycles. The molecule has 4 aromatic rings. The third-order valence-corrected chi connectivity index (χ3v) is 6.97. The average Bonchev–Trinajstić information content (AvgIpc) is 3.45. The van der Waals surface area contributed by atoms with Gasteiger partial charge in [0.15, 0.2) is 0 Å². The van der Waals surface area contributed by atoms with Gasteiger partial charge < -0.3 is 10.3 Å². The van der Waals surface area contributed by atoms with Crippen molar-refractivity contribution in [3.63, 3.8) is 0 Å². The normalized spacial score (nSPS) is 17.1. The van der Waals surface area contributed by atoms with Crippen molar-refractivity contribution in [3.8, 4) is 11.3 Å². The van der Waals surface area contributed by atoms with Gasteiger partial charge in [0.1, 0.15) is 23.5 Å². The Labute approximate surface area is 201 Å². The second-order valence-electron chi connectivity index (χ2n) is 9.48. The first-order valence-corrected chi connectivity index (χ1v) is 11.9. The molecule has 3 N–H and O–H groups in total. The highest BCUT2D eigenvalue weighted by molar-refractivity contribution is 5.94. The predicted octanol–water partition coefficient (Wildman–Crippen LogP) is 5.50. The largest absolute Gasteiger partial charge is 0.433 e. The SMILES string of the molecule is C[C@@H](N)c1nc(C(F)(F)F)cc2c(-c3cccc([C@H](c4nncn4C)C4CCCCC4)c3)n[nH]c12. The van der Waals surface area contributed by atoms with Crippen molar-refractivity contribution >= 4 is 10.9 Å². The highest BCUT2D eigenvalue weighted by Crippen LogP contribution is 2.41. The van der Waals surface area contributed by atoms with Gasteiger partial charge in [-0.2, -0.15) is 18.3 Å². The molecular weight excluding hydrogens is 455 g/mol. The fourth-order valence-corrected chi connectivity index (χ4v) is 5.29. The Kier molecular flexibility index (Phi) is 6.08. The molecule has 1 fully saturated rings. The second-order valence-corrected chi connectivity index (χ2v) is 9.48. The van der Waals surface area contributed by atoms with Crippen LogP contribution in [0.3, 0.4) is 0 Å². The topological polar surface area (TPSA) is 98.3 Å². The number of pyridine rings is 1. The van der Waals surface area contributed by atoms with E-state index in [1.165, 1.54) is 19.3 Å². The molecule has 0 unspecified atom stereocenters. The van der Waals surface area contributed by atoms with E-state index in [-0.39, 0.29) is 11.6 Å². The van der Waals surface area contributed by atoms with E-state index in [4.69, 9.17) is 5.73 Å². The number of aromatic nitrogens is 6. The van der Waals surface area contributed by atoms with Crippen LogP contribution in [-0.2, 0) is 13.2 Å². The van der Waals surface area contributed by atoms with Gasteiger partial charge in [-0.05, 0) is 43.4 Å². The van der Waals surface area contributed by atoms with Crippen LogP contribution in [0.1, 0.15) is 73.8 Å². The van der Waals surface area contributed by atoms with E-state index >= 15 is 0 Å². The summed E-state index contributed by atoms with van der Waals surface area (Å²) in [4.78, 5) is 3.79. The van der Waals surface area contributed by atoms with E-state index in [1.807, 2.05) is 29.8 Å². The van der Waals surface area contributed by atoms with Crippen molar-refractivity contribution in [2.75, 3.05) is 0 Å². The molecule has 3 heterocycles. The predicted molar refractivity (Wildman–Crippen MR) is 126 cm³/mol. The minimum Gasteiger partial charge on any atom is -0.323 e. The van der Waals surface area contributed by atoms with E-state index in [1.54, 1.807) is 13.3 Å². The zero-order chi connectivity index (χ0) is 24.7. The van der Waals surface area contributed by atoms with Gasteiger partial charge in [0.05, 0.1) is 11.2 Å². The lowest BCUT2D eigenvalue weighted by Crippen LogP contribution is -2.20.